The Morgan fingerprint density at radius 2 is 2.00 bits per heavy atom. The number of nitrogens with zero attached hydrogens (tertiary/aromatic N) is 1. The van der Waals surface area contributed by atoms with Crippen molar-refractivity contribution in [1.29, 1.82) is 0 Å². The Balaban J connectivity index is 1.70. The molecule has 31 heavy (non-hydrogen) atoms. The molecule has 0 radical (unpaired) electrons. The van der Waals surface area contributed by atoms with Gasteiger partial charge in [0.15, 0.2) is 0 Å². The van der Waals surface area contributed by atoms with Gasteiger partial charge in [-0.05, 0) is 43.7 Å². The molecule has 1 N–H and O–H groups in total. The van der Waals surface area contributed by atoms with Crippen molar-refractivity contribution in [3.8, 4) is 0 Å². The summed E-state index contributed by atoms with van der Waals surface area (Å²) in [4.78, 5) is 28.2. The zero-order valence-electron chi connectivity index (χ0n) is 19.0. The maximum Gasteiger partial charge on any atom is 0.326 e. The lowest BCUT2D eigenvalue weighted by Gasteiger charge is -2.41. The Morgan fingerprint density at radius 1 is 1.26 bits per heavy atom. The third-order valence-corrected chi connectivity index (χ3v) is 6.38. The van der Waals surface area contributed by atoms with Crippen LogP contribution in [0.15, 0.2) is 30.3 Å². The van der Waals surface area contributed by atoms with Crippen LogP contribution in [-0.4, -0.2) is 67.9 Å². The van der Waals surface area contributed by atoms with E-state index in [1.807, 2.05) is 44.2 Å². The highest BCUT2D eigenvalue weighted by Gasteiger charge is 2.52. The van der Waals surface area contributed by atoms with E-state index in [0.29, 0.717) is 25.4 Å². The largest absolute Gasteiger partial charge is 0.468 e. The van der Waals surface area contributed by atoms with E-state index in [2.05, 4.69) is 10.2 Å². The summed E-state index contributed by atoms with van der Waals surface area (Å²) in [6.45, 7) is 7.23. The van der Waals surface area contributed by atoms with Gasteiger partial charge in [0.2, 0.25) is 0 Å². The van der Waals surface area contributed by atoms with Crippen molar-refractivity contribution in [2.45, 2.75) is 63.8 Å². The van der Waals surface area contributed by atoms with Crippen molar-refractivity contribution < 1.29 is 23.8 Å². The number of rotatable bonds is 11. The van der Waals surface area contributed by atoms with Crippen LogP contribution in [0.4, 0.5) is 0 Å². The average molecular weight is 433 g/mol. The van der Waals surface area contributed by atoms with Gasteiger partial charge in [-0.1, -0.05) is 44.2 Å². The molecule has 2 saturated heterocycles. The first-order valence-corrected chi connectivity index (χ1v) is 11.3. The van der Waals surface area contributed by atoms with Crippen LogP contribution in [0.1, 0.15) is 45.1 Å². The number of carbonyl (C=O) groups excluding carboxylic acids is 2. The maximum atomic E-state index is 13.2. The predicted molar refractivity (Wildman–Crippen MR) is 117 cm³/mol. The highest BCUT2D eigenvalue weighted by Crippen LogP contribution is 2.38. The maximum absolute atomic E-state index is 13.2. The van der Waals surface area contributed by atoms with Gasteiger partial charge in [-0.3, -0.25) is 14.5 Å². The third kappa shape index (κ3) is 5.64. The minimum atomic E-state index is -0.784. The summed E-state index contributed by atoms with van der Waals surface area (Å²) >= 11 is 0. The molecule has 172 valence electrons. The minimum Gasteiger partial charge on any atom is -0.468 e. The van der Waals surface area contributed by atoms with Crippen molar-refractivity contribution in [2.24, 2.45) is 5.92 Å². The molecule has 0 spiro atoms. The number of carbonyl (C=O) groups is 2. The first-order chi connectivity index (χ1) is 15.0. The van der Waals surface area contributed by atoms with E-state index < -0.39 is 11.6 Å². The zero-order chi connectivity index (χ0) is 22.3. The monoisotopic (exact) mass is 432 g/mol. The predicted octanol–water partition coefficient (Wildman–Crippen LogP) is 2.53. The lowest BCUT2D eigenvalue weighted by atomic mass is 9.87. The molecule has 1 aromatic carbocycles. The SMILES string of the molecule is COC(=O)[C@@]1(CCCNC2COC2)CCCN1[C@H](C(=O)OCc1ccccc1)C(C)C. The molecule has 2 aliphatic rings. The number of likely N-dealkylation sites (tertiary alicyclic amines) is 1. The van der Waals surface area contributed by atoms with E-state index in [-0.39, 0.29) is 24.5 Å². The summed E-state index contributed by atoms with van der Waals surface area (Å²) in [5, 5.41) is 3.46. The van der Waals surface area contributed by atoms with Gasteiger partial charge in [-0.2, -0.15) is 0 Å². The number of methoxy groups -OCH3 is 1. The highest BCUT2D eigenvalue weighted by atomic mass is 16.5. The Hall–Kier alpha value is -1.96. The van der Waals surface area contributed by atoms with Gasteiger partial charge < -0.3 is 19.5 Å². The average Bonchev–Trinajstić information content (AvgIpc) is 3.15. The molecule has 2 atom stereocenters. The van der Waals surface area contributed by atoms with Crippen molar-refractivity contribution in [3.63, 3.8) is 0 Å². The third-order valence-electron chi connectivity index (χ3n) is 6.38. The van der Waals surface area contributed by atoms with Crippen LogP contribution < -0.4 is 5.32 Å². The summed E-state index contributed by atoms with van der Waals surface area (Å²) in [6, 6.07) is 9.58. The van der Waals surface area contributed by atoms with Crippen LogP contribution in [0, 0.1) is 5.92 Å². The first kappa shape index (κ1) is 23.7. The summed E-state index contributed by atoms with van der Waals surface area (Å²) in [7, 11) is 1.43. The molecule has 0 aliphatic carbocycles. The molecule has 2 fully saturated rings. The molecule has 7 nitrogen and oxygen atoms in total. The fourth-order valence-electron chi connectivity index (χ4n) is 4.70. The van der Waals surface area contributed by atoms with Gasteiger partial charge in [-0.15, -0.1) is 0 Å². The molecule has 3 rings (SSSR count). The van der Waals surface area contributed by atoms with Gasteiger partial charge in [0.05, 0.1) is 26.4 Å². The number of ether oxygens (including phenoxy) is 3. The molecule has 0 bridgehead atoms. The summed E-state index contributed by atoms with van der Waals surface area (Å²) in [6.07, 6.45) is 3.02. The summed E-state index contributed by atoms with van der Waals surface area (Å²) in [5.74, 6) is -0.520. The summed E-state index contributed by atoms with van der Waals surface area (Å²) < 4.78 is 16.1. The Morgan fingerprint density at radius 3 is 2.61 bits per heavy atom. The lowest BCUT2D eigenvalue weighted by molar-refractivity contribution is -0.164. The van der Waals surface area contributed by atoms with Gasteiger partial charge >= 0.3 is 11.9 Å². The van der Waals surface area contributed by atoms with E-state index in [9.17, 15) is 9.59 Å². The Bertz CT molecular complexity index is 722. The molecular formula is C24H36N2O5. The minimum absolute atomic E-state index is 0.00987. The molecule has 1 aromatic rings. The second-order valence-electron chi connectivity index (χ2n) is 8.89. The van der Waals surface area contributed by atoms with Crippen molar-refractivity contribution in [1.82, 2.24) is 10.2 Å². The molecule has 2 aliphatic heterocycles. The number of esters is 2. The van der Waals surface area contributed by atoms with Crippen LogP contribution >= 0.6 is 0 Å². The van der Waals surface area contributed by atoms with E-state index >= 15 is 0 Å². The summed E-state index contributed by atoms with van der Waals surface area (Å²) in [5.41, 5.74) is 0.165. The number of nitrogens with one attached hydrogen (secondary N) is 1. The standard InChI is InChI=1S/C24H36N2O5/c1-18(2)21(22(27)31-15-19-9-5-4-6-10-19)26-14-8-12-24(26,23(28)29-3)11-7-13-25-20-16-30-17-20/h4-6,9-10,18,20-21,25H,7-8,11-17H2,1-3H3/t21-,24+/m0/s1. The van der Waals surface area contributed by atoms with E-state index in [0.717, 1.165) is 38.2 Å². The molecule has 0 aromatic heterocycles. The van der Waals surface area contributed by atoms with Gasteiger partial charge in [0, 0.05) is 6.54 Å². The molecule has 0 saturated carbocycles. The second kappa shape index (κ2) is 11.1. The smallest absolute Gasteiger partial charge is 0.326 e. The quantitative estimate of drug-likeness (QED) is 0.425. The van der Waals surface area contributed by atoms with Gasteiger partial charge in [-0.25, -0.2) is 0 Å². The van der Waals surface area contributed by atoms with E-state index in [1.54, 1.807) is 0 Å². The molecule has 0 unspecified atom stereocenters. The number of hydrogen-bond acceptors (Lipinski definition) is 7. The fourth-order valence-corrected chi connectivity index (χ4v) is 4.70. The van der Waals surface area contributed by atoms with Crippen LogP contribution in [0.2, 0.25) is 0 Å². The molecular weight excluding hydrogens is 396 g/mol. The molecule has 2 heterocycles. The van der Waals surface area contributed by atoms with E-state index in [1.165, 1.54) is 7.11 Å². The Kier molecular flexibility index (Phi) is 8.46. The van der Waals surface area contributed by atoms with Crippen LogP contribution in [0.3, 0.4) is 0 Å². The molecule has 7 heteroatoms. The van der Waals surface area contributed by atoms with Crippen LogP contribution in [-0.2, 0) is 30.4 Å². The van der Waals surface area contributed by atoms with Crippen molar-refractivity contribution in [2.75, 3.05) is 33.4 Å². The van der Waals surface area contributed by atoms with E-state index in [4.69, 9.17) is 14.2 Å². The number of hydrogen-bond donors (Lipinski definition) is 1. The topological polar surface area (TPSA) is 77.1 Å². The van der Waals surface area contributed by atoms with Crippen molar-refractivity contribution >= 4 is 11.9 Å². The number of benzene rings is 1. The van der Waals surface area contributed by atoms with Crippen molar-refractivity contribution in [3.05, 3.63) is 35.9 Å². The van der Waals surface area contributed by atoms with Crippen LogP contribution in [0.25, 0.3) is 0 Å². The fraction of sp³-hybridized carbons (Fsp3) is 0.667. The van der Waals surface area contributed by atoms with Crippen LogP contribution in [0.5, 0.6) is 0 Å². The lowest BCUT2D eigenvalue weighted by Crippen LogP contribution is -2.59. The van der Waals surface area contributed by atoms with Gasteiger partial charge in [0.1, 0.15) is 18.2 Å². The normalized spacial score (nSPS) is 22.8. The molecule has 0 amide bonds. The zero-order valence-corrected chi connectivity index (χ0v) is 19.0. The second-order valence-corrected chi connectivity index (χ2v) is 8.89. The van der Waals surface area contributed by atoms with Gasteiger partial charge in [0.25, 0.3) is 0 Å². The highest BCUT2D eigenvalue weighted by molar-refractivity contribution is 5.83. The first-order valence-electron chi connectivity index (χ1n) is 11.3. The Labute approximate surface area is 185 Å².